The quantitative estimate of drug-likeness (QED) is 0.530. The average molecular weight is 391 g/mol. The molecular formula is C24H25NO4. The van der Waals surface area contributed by atoms with Crippen molar-refractivity contribution in [2.24, 2.45) is 0 Å². The van der Waals surface area contributed by atoms with E-state index in [0.29, 0.717) is 25.1 Å². The normalized spacial score (nSPS) is 18.3. The number of rotatable bonds is 8. The molecule has 1 aliphatic heterocycles. The van der Waals surface area contributed by atoms with Crippen molar-refractivity contribution in [2.75, 3.05) is 18.5 Å². The van der Waals surface area contributed by atoms with Gasteiger partial charge in [-0.3, -0.25) is 4.79 Å². The summed E-state index contributed by atoms with van der Waals surface area (Å²) in [5.41, 5.74) is 2.55. The minimum Gasteiger partial charge on any atom is -0.459 e. The lowest BCUT2D eigenvalue weighted by Crippen LogP contribution is -2.29. The van der Waals surface area contributed by atoms with Crippen LogP contribution in [-0.4, -0.2) is 30.5 Å². The van der Waals surface area contributed by atoms with Crippen LogP contribution in [0.2, 0.25) is 0 Å². The lowest BCUT2D eigenvalue weighted by molar-refractivity contribution is -0.143. The first kappa shape index (κ1) is 20.7. The summed E-state index contributed by atoms with van der Waals surface area (Å²) in [6.45, 7) is 0.589. The molecule has 1 aliphatic rings. The fourth-order valence-corrected chi connectivity index (χ4v) is 3.12. The third kappa shape index (κ3) is 5.95. The van der Waals surface area contributed by atoms with Crippen LogP contribution < -0.4 is 5.32 Å². The third-order valence-corrected chi connectivity index (χ3v) is 4.67. The van der Waals surface area contributed by atoms with Crippen molar-refractivity contribution in [3.05, 3.63) is 77.6 Å². The van der Waals surface area contributed by atoms with Gasteiger partial charge in [-0.2, -0.15) is 0 Å². The van der Waals surface area contributed by atoms with Gasteiger partial charge in [-0.1, -0.05) is 36.3 Å². The zero-order chi connectivity index (χ0) is 20.5. The van der Waals surface area contributed by atoms with Gasteiger partial charge < -0.3 is 19.9 Å². The third-order valence-electron chi connectivity index (χ3n) is 4.67. The van der Waals surface area contributed by atoms with Crippen LogP contribution in [0.3, 0.4) is 0 Å². The van der Waals surface area contributed by atoms with Crippen LogP contribution in [0.4, 0.5) is 5.69 Å². The average Bonchev–Trinajstić information content (AvgIpc) is 2.77. The number of allylic oxidation sites excluding steroid dienone is 1. The molecule has 0 radical (unpaired) electrons. The highest BCUT2D eigenvalue weighted by atomic mass is 16.7. The smallest absolute Gasteiger partial charge is 0.290 e. The molecule has 2 aromatic carbocycles. The first-order chi connectivity index (χ1) is 14.2. The molecule has 0 fully saturated rings. The van der Waals surface area contributed by atoms with E-state index in [0.717, 1.165) is 17.5 Å². The van der Waals surface area contributed by atoms with E-state index in [1.54, 1.807) is 0 Å². The number of hydrogen-bond donors (Lipinski definition) is 2. The summed E-state index contributed by atoms with van der Waals surface area (Å²) in [5, 5.41) is 11.8. The number of ether oxygens (including phenoxy) is 2. The number of carbonyl (C=O) groups is 1. The Morgan fingerprint density at radius 2 is 1.93 bits per heavy atom. The summed E-state index contributed by atoms with van der Waals surface area (Å²) in [5.74, 6) is 2.50. The molecule has 5 nitrogen and oxygen atoms in total. The molecule has 0 aromatic heterocycles. The summed E-state index contributed by atoms with van der Waals surface area (Å²) >= 11 is 0. The topological polar surface area (TPSA) is 67.8 Å². The highest BCUT2D eigenvalue weighted by molar-refractivity contribution is 6.02. The van der Waals surface area contributed by atoms with Crippen molar-refractivity contribution in [3.63, 3.8) is 0 Å². The number of anilines is 1. The molecule has 0 spiro atoms. The zero-order valence-electron chi connectivity index (χ0n) is 16.2. The number of terminal acetylenes is 1. The molecule has 3 rings (SSSR count). The molecule has 0 aliphatic carbocycles. The Morgan fingerprint density at radius 1 is 1.17 bits per heavy atom. The van der Waals surface area contributed by atoms with Gasteiger partial charge in [0.15, 0.2) is 5.76 Å². The van der Waals surface area contributed by atoms with Crippen LogP contribution >= 0.6 is 0 Å². The Balaban J connectivity index is 1.76. The molecule has 0 saturated heterocycles. The summed E-state index contributed by atoms with van der Waals surface area (Å²) in [4.78, 5) is 12.7. The minimum atomic E-state index is -0.535. The van der Waals surface area contributed by atoms with Crippen molar-refractivity contribution in [1.82, 2.24) is 0 Å². The molecule has 29 heavy (non-hydrogen) atoms. The fourth-order valence-electron chi connectivity index (χ4n) is 3.12. The molecule has 0 unspecified atom stereocenters. The van der Waals surface area contributed by atoms with Gasteiger partial charge in [0.2, 0.25) is 6.29 Å². The molecule has 2 N–H and O–H groups in total. The van der Waals surface area contributed by atoms with E-state index in [4.69, 9.17) is 21.0 Å². The van der Waals surface area contributed by atoms with Crippen LogP contribution in [0.25, 0.3) is 0 Å². The fraction of sp³-hybridized carbons (Fsp3) is 0.292. The Bertz CT molecular complexity index is 868. The maximum atomic E-state index is 12.7. The first-order valence-corrected chi connectivity index (χ1v) is 9.73. The minimum absolute atomic E-state index is 0.0325. The number of hydrogen-bond acceptors (Lipinski definition) is 4. The number of carbonyl (C=O) groups excluding carboxylic acids is 1. The molecule has 0 bridgehead atoms. The van der Waals surface area contributed by atoms with Crippen molar-refractivity contribution >= 4 is 11.6 Å². The number of aliphatic hydroxyl groups excluding tert-OH is 1. The maximum absolute atomic E-state index is 12.7. The van der Waals surface area contributed by atoms with Crippen molar-refractivity contribution in [3.8, 4) is 12.3 Å². The molecule has 2 atom stereocenters. The number of nitrogens with one attached hydrogen (secondary N) is 1. The number of aliphatic hydroxyl groups is 1. The summed E-state index contributed by atoms with van der Waals surface area (Å²) < 4.78 is 11.7. The van der Waals surface area contributed by atoms with Crippen molar-refractivity contribution in [2.45, 2.75) is 31.5 Å². The standard InChI is InChI=1S/C24H25NO4/c1-2-18-10-12-19(13-11-18)20-16-22(24(27)25-21-8-4-3-5-9-21)29-23(17-20)28-15-7-6-14-26/h1,3-5,8-13,16,20,23,26H,6-7,14-15,17H2,(H,25,27)/t20-,23+/m0/s1. The second-order valence-electron chi connectivity index (χ2n) is 6.81. The number of unbranched alkanes of at least 4 members (excludes halogenated alkanes) is 1. The Morgan fingerprint density at radius 3 is 2.62 bits per heavy atom. The van der Waals surface area contributed by atoms with Crippen LogP contribution in [-0.2, 0) is 14.3 Å². The van der Waals surface area contributed by atoms with E-state index in [1.165, 1.54) is 0 Å². The van der Waals surface area contributed by atoms with E-state index in [9.17, 15) is 4.79 Å². The van der Waals surface area contributed by atoms with Gasteiger partial charge in [0.05, 0.1) is 6.61 Å². The van der Waals surface area contributed by atoms with Gasteiger partial charge in [-0.15, -0.1) is 6.42 Å². The van der Waals surface area contributed by atoms with Gasteiger partial charge in [-0.05, 0) is 48.7 Å². The maximum Gasteiger partial charge on any atom is 0.290 e. The van der Waals surface area contributed by atoms with Gasteiger partial charge in [0.1, 0.15) is 0 Å². The first-order valence-electron chi connectivity index (χ1n) is 9.73. The molecule has 0 saturated carbocycles. The molecular weight excluding hydrogens is 366 g/mol. The van der Waals surface area contributed by atoms with E-state index >= 15 is 0 Å². The molecule has 150 valence electrons. The van der Waals surface area contributed by atoms with Crippen LogP contribution in [0.1, 0.15) is 36.3 Å². The van der Waals surface area contributed by atoms with E-state index in [1.807, 2.05) is 60.7 Å². The Labute approximate surface area is 171 Å². The Hall–Kier alpha value is -3.07. The van der Waals surface area contributed by atoms with Crippen LogP contribution in [0.5, 0.6) is 0 Å². The predicted molar refractivity (Wildman–Crippen MR) is 112 cm³/mol. The van der Waals surface area contributed by atoms with Crippen LogP contribution in [0.15, 0.2) is 66.4 Å². The van der Waals surface area contributed by atoms with E-state index in [2.05, 4.69) is 11.2 Å². The molecule has 1 heterocycles. The highest BCUT2D eigenvalue weighted by Gasteiger charge is 2.28. The van der Waals surface area contributed by atoms with Gasteiger partial charge in [-0.25, -0.2) is 0 Å². The number of benzene rings is 2. The zero-order valence-corrected chi connectivity index (χ0v) is 16.2. The molecule has 5 heteroatoms. The summed E-state index contributed by atoms with van der Waals surface area (Å²) in [7, 11) is 0. The lowest BCUT2D eigenvalue weighted by Gasteiger charge is -2.29. The SMILES string of the molecule is C#Cc1ccc([C@H]2C=C(C(=O)Nc3ccccc3)O[C@@H](OCCCCO)C2)cc1. The van der Waals surface area contributed by atoms with Gasteiger partial charge >= 0.3 is 0 Å². The van der Waals surface area contributed by atoms with Crippen molar-refractivity contribution in [1.29, 1.82) is 0 Å². The molecule has 1 amide bonds. The molecule has 2 aromatic rings. The van der Waals surface area contributed by atoms with Gasteiger partial charge in [0, 0.05) is 30.2 Å². The van der Waals surface area contributed by atoms with E-state index < -0.39 is 6.29 Å². The highest BCUT2D eigenvalue weighted by Crippen LogP contribution is 2.32. The van der Waals surface area contributed by atoms with E-state index in [-0.39, 0.29) is 24.2 Å². The second kappa shape index (κ2) is 10.5. The van der Waals surface area contributed by atoms with Crippen molar-refractivity contribution < 1.29 is 19.4 Å². The largest absolute Gasteiger partial charge is 0.459 e. The summed E-state index contributed by atoms with van der Waals surface area (Å²) in [6.07, 6.45) is 8.73. The van der Waals surface area contributed by atoms with Crippen LogP contribution in [0, 0.1) is 12.3 Å². The predicted octanol–water partition coefficient (Wildman–Crippen LogP) is 3.81. The lowest BCUT2D eigenvalue weighted by atomic mass is 9.92. The second-order valence-corrected chi connectivity index (χ2v) is 6.81. The summed E-state index contributed by atoms with van der Waals surface area (Å²) in [6, 6.07) is 17.0. The Kier molecular flexibility index (Phi) is 7.46. The monoisotopic (exact) mass is 391 g/mol. The number of amides is 1. The number of para-hydroxylation sites is 1. The van der Waals surface area contributed by atoms with Gasteiger partial charge in [0.25, 0.3) is 5.91 Å².